The summed E-state index contributed by atoms with van der Waals surface area (Å²) in [5.74, 6) is -0.428. The number of aromatic nitrogens is 2. The van der Waals surface area contributed by atoms with Gasteiger partial charge in [0.1, 0.15) is 5.60 Å². The molecule has 2 heterocycles. The molecular weight excluding hydrogens is 291 g/mol. The SMILES string of the molecule is CC(C)(C)OC(=O)N1C[C@@H](CO)[C@H](Nc2ncc(F)cn2)C1. The fourth-order valence-corrected chi connectivity index (χ4v) is 2.25. The minimum Gasteiger partial charge on any atom is -0.444 e. The normalized spacial score (nSPS) is 21.8. The molecule has 0 spiro atoms. The lowest BCUT2D eigenvalue weighted by Crippen LogP contribution is -2.36. The van der Waals surface area contributed by atoms with E-state index < -0.39 is 17.5 Å². The average molecular weight is 312 g/mol. The van der Waals surface area contributed by atoms with E-state index in [1.165, 1.54) is 4.90 Å². The molecule has 1 aliphatic heterocycles. The Labute approximate surface area is 128 Å². The molecule has 2 N–H and O–H groups in total. The van der Waals surface area contributed by atoms with Gasteiger partial charge in [-0.05, 0) is 20.8 Å². The van der Waals surface area contributed by atoms with E-state index in [0.717, 1.165) is 12.4 Å². The Morgan fingerprint density at radius 3 is 2.64 bits per heavy atom. The van der Waals surface area contributed by atoms with Crippen molar-refractivity contribution in [1.82, 2.24) is 14.9 Å². The number of aliphatic hydroxyl groups is 1. The number of anilines is 1. The minimum atomic E-state index is -0.572. The molecule has 1 aromatic heterocycles. The predicted molar refractivity (Wildman–Crippen MR) is 77.8 cm³/mol. The van der Waals surface area contributed by atoms with E-state index in [1.807, 2.05) is 0 Å². The lowest BCUT2D eigenvalue weighted by molar-refractivity contribution is 0.0283. The number of amides is 1. The smallest absolute Gasteiger partial charge is 0.410 e. The van der Waals surface area contributed by atoms with Gasteiger partial charge in [0.05, 0.1) is 18.4 Å². The van der Waals surface area contributed by atoms with E-state index in [4.69, 9.17) is 4.74 Å². The van der Waals surface area contributed by atoms with Crippen LogP contribution in [0.2, 0.25) is 0 Å². The lowest BCUT2D eigenvalue weighted by Gasteiger charge is -2.24. The average Bonchev–Trinajstić information content (AvgIpc) is 2.83. The molecule has 1 saturated heterocycles. The van der Waals surface area contributed by atoms with Crippen molar-refractivity contribution in [2.75, 3.05) is 25.0 Å². The summed E-state index contributed by atoms with van der Waals surface area (Å²) in [4.78, 5) is 21.3. The van der Waals surface area contributed by atoms with Gasteiger partial charge in [-0.15, -0.1) is 0 Å². The number of ether oxygens (including phenoxy) is 1. The molecule has 2 atom stereocenters. The van der Waals surface area contributed by atoms with Crippen LogP contribution in [0.1, 0.15) is 20.8 Å². The van der Waals surface area contributed by atoms with Gasteiger partial charge in [-0.2, -0.15) is 0 Å². The lowest BCUT2D eigenvalue weighted by atomic mass is 10.1. The molecule has 0 bridgehead atoms. The van der Waals surface area contributed by atoms with Crippen molar-refractivity contribution in [3.63, 3.8) is 0 Å². The zero-order chi connectivity index (χ0) is 16.3. The number of likely N-dealkylation sites (tertiary alicyclic amines) is 1. The van der Waals surface area contributed by atoms with Gasteiger partial charge in [-0.1, -0.05) is 0 Å². The van der Waals surface area contributed by atoms with Gasteiger partial charge in [0.15, 0.2) is 5.82 Å². The highest BCUT2D eigenvalue weighted by atomic mass is 19.1. The van der Waals surface area contributed by atoms with Crippen molar-refractivity contribution in [1.29, 1.82) is 0 Å². The van der Waals surface area contributed by atoms with Crippen molar-refractivity contribution >= 4 is 12.0 Å². The van der Waals surface area contributed by atoms with Crippen molar-refractivity contribution in [3.05, 3.63) is 18.2 Å². The molecule has 7 nitrogen and oxygen atoms in total. The molecule has 8 heteroatoms. The number of halogens is 1. The molecule has 22 heavy (non-hydrogen) atoms. The highest BCUT2D eigenvalue weighted by Crippen LogP contribution is 2.22. The fraction of sp³-hybridized carbons (Fsp3) is 0.643. The molecule has 1 amide bonds. The molecule has 0 saturated carbocycles. The Kier molecular flexibility index (Phi) is 4.80. The number of hydrogen-bond acceptors (Lipinski definition) is 6. The number of nitrogens with zero attached hydrogens (tertiary/aromatic N) is 3. The molecule has 122 valence electrons. The number of nitrogens with one attached hydrogen (secondary N) is 1. The summed E-state index contributed by atoms with van der Waals surface area (Å²) < 4.78 is 18.1. The van der Waals surface area contributed by atoms with E-state index in [-0.39, 0.29) is 24.5 Å². The van der Waals surface area contributed by atoms with Crippen LogP contribution in [0.3, 0.4) is 0 Å². The Hall–Kier alpha value is -1.96. The van der Waals surface area contributed by atoms with Crippen LogP contribution in [0, 0.1) is 11.7 Å². The monoisotopic (exact) mass is 312 g/mol. The molecule has 0 aliphatic carbocycles. The Morgan fingerprint density at radius 2 is 2.09 bits per heavy atom. The largest absolute Gasteiger partial charge is 0.444 e. The predicted octanol–water partition coefficient (Wildman–Crippen LogP) is 1.26. The number of carbonyl (C=O) groups excluding carboxylic acids is 1. The number of aliphatic hydroxyl groups excluding tert-OH is 1. The van der Waals surface area contributed by atoms with Gasteiger partial charge >= 0.3 is 6.09 Å². The van der Waals surface area contributed by atoms with Crippen LogP contribution >= 0.6 is 0 Å². The second-order valence-corrected chi connectivity index (χ2v) is 6.30. The third kappa shape index (κ3) is 4.27. The van der Waals surface area contributed by atoms with Crippen molar-refractivity contribution < 1.29 is 19.0 Å². The first-order chi connectivity index (χ1) is 10.3. The van der Waals surface area contributed by atoms with Crippen LogP contribution in [-0.2, 0) is 4.74 Å². The van der Waals surface area contributed by atoms with Crippen molar-refractivity contribution in [3.8, 4) is 0 Å². The quantitative estimate of drug-likeness (QED) is 0.873. The summed E-state index contributed by atoms with van der Waals surface area (Å²) in [6, 6.07) is -0.219. The fourth-order valence-electron chi connectivity index (χ4n) is 2.25. The summed E-state index contributed by atoms with van der Waals surface area (Å²) in [5.41, 5.74) is -0.572. The van der Waals surface area contributed by atoms with Crippen LogP contribution in [0.25, 0.3) is 0 Å². The summed E-state index contributed by atoms with van der Waals surface area (Å²) in [7, 11) is 0. The van der Waals surface area contributed by atoms with Gasteiger partial charge in [0.2, 0.25) is 5.95 Å². The summed E-state index contributed by atoms with van der Waals surface area (Å²) >= 11 is 0. The molecule has 0 radical (unpaired) electrons. The van der Waals surface area contributed by atoms with E-state index >= 15 is 0 Å². The van der Waals surface area contributed by atoms with E-state index in [0.29, 0.717) is 13.1 Å². The molecule has 1 aromatic rings. The minimum absolute atomic E-state index is 0.0852. The number of carbonyl (C=O) groups is 1. The second kappa shape index (κ2) is 6.43. The van der Waals surface area contributed by atoms with Gasteiger partial charge in [-0.25, -0.2) is 19.2 Å². The molecule has 1 aliphatic rings. The third-order valence-electron chi connectivity index (χ3n) is 3.26. The molecule has 0 unspecified atom stereocenters. The van der Waals surface area contributed by atoms with Gasteiger partial charge in [-0.3, -0.25) is 0 Å². The maximum absolute atomic E-state index is 12.8. The third-order valence-corrected chi connectivity index (χ3v) is 3.26. The zero-order valence-corrected chi connectivity index (χ0v) is 12.9. The molecular formula is C14H21FN4O3. The first-order valence-electron chi connectivity index (χ1n) is 7.11. The highest BCUT2D eigenvalue weighted by molar-refractivity contribution is 5.68. The topological polar surface area (TPSA) is 87.6 Å². The molecule has 2 rings (SSSR count). The number of hydrogen-bond donors (Lipinski definition) is 2. The highest BCUT2D eigenvalue weighted by Gasteiger charge is 2.37. The summed E-state index contributed by atoms with van der Waals surface area (Å²) in [6.45, 7) is 6.05. The van der Waals surface area contributed by atoms with E-state index in [2.05, 4.69) is 15.3 Å². The van der Waals surface area contributed by atoms with Gasteiger partial charge < -0.3 is 20.1 Å². The second-order valence-electron chi connectivity index (χ2n) is 6.30. The Morgan fingerprint density at radius 1 is 1.45 bits per heavy atom. The van der Waals surface area contributed by atoms with Crippen LogP contribution < -0.4 is 5.32 Å². The standard InChI is InChI=1S/C14H21FN4O3/c1-14(2,3)22-13(21)19-6-9(8-20)11(7-19)18-12-16-4-10(15)5-17-12/h4-5,9,11,20H,6-8H2,1-3H3,(H,16,17,18)/t9-,11+/m0/s1. The Bertz CT molecular complexity index is 518. The van der Waals surface area contributed by atoms with Crippen molar-refractivity contribution in [2.45, 2.75) is 32.4 Å². The van der Waals surface area contributed by atoms with Crippen molar-refractivity contribution in [2.24, 2.45) is 5.92 Å². The van der Waals surface area contributed by atoms with E-state index in [9.17, 15) is 14.3 Å². The first kappa shape index (κ1) is 16.4. The Balaban J connectivity index is 2.00. The summed E-state index contributed by atoms with van der Waals surface area (Å²) in [6.07, 6.45) is 1.70. The van der Waals surface area contributed by atoms with Crippen LogP contribution in [0.4, 0.5) is 15.1 Å². The van der Waals surface area contributed by atoms with Gasteiger partial charge in [0, 0.05) is 25.6 Å². The maximum Gasteiger partial charge on any atom is 0.410 e. The number of rotatable bonds is 3. The molecule has 0 aromatic carbocycles. The first-order valence-corrected chi connectivity index (χ1v) is 7.11. The van der Waals surface area contributed by atoms with Crippen LogP contribution in [0.5, 0.6) is 0 Å². The zero-order valence-electron chi connectivity index (χ0n) is 12.9. The van der Waals surface area contributed by atoms with E-state index in [1.54, 1.807) is 20.8 Å². The van der Waals surface area contributed by atoms with Gasteiger partial charge in [0.25, 0.3) is 0 Å². The van der Waals surface area contributed by atoms with Crippen LogP contribution in [0.15, 0.2) is 12.4 Å². The summed E-state index contributed by atoms with van der Waals surface area (Å²) in [5, 5.41) is 12.5. The molecule has 1 fully saturated rings. The maximum atomic E-state index is 12.8. The van der Waals surface area contributed by atoms with Crippen LogP contribution in [-0.4, -0.2) is 57.4 Å².